The molecule has 3 fully saturated rings. The van der Waals surface area contributed by atoms with Crippen molar-refractivity contribution in [2.24, 2.45) is 5.92 Å². The Bertz CT molecular complexity index is 1060. The Kier molecular flexibility index (Phi) is 6.20. The van der Waals surface area contributed by atoms with Crippen LogP contribution in [0.3, 0.4) is 0 Å². The second kappa shape index (κ2) is 9.41. The van der Waals surface area contributed by atoms with Gasteiger partial charge in [0.25, 0.3) is 5.91 Å². The summed E-state index contributed by atoms with van der Waals surface area (Å²) in [5.41, 5.74) is 2.67. The number of aliphatic hydroxyl groups is 1. The van der Waals surface area contributed by atoms with Crippen molar-refractivity contribution in [3.05, 3.63) is 71.3 Å². The van der Waals surface area contributed by atoms with Gasteiger partial charge in [-0.3, -0.25) is 9.59 Å². The highest BCUT2D eigenvalue weighted by atomic mass is 16.3. The maximum absolute atomic E-state index is 12.9. The topological polar surface area (TPSA) is 60.9 Å². The van der Waals surface area contributed by atoms with Crippen molar-refractivity contribution in [1.29, 1.82) is 0 Å². The Labute approximate surface area is 195 Å². The fourth-order valence-electron chi connectivity index (χ4n) is 5.72. The number of carbonyl (C=O) groups excluding carboxylic acids is 2. The van der Waals surface area contributed by atoms with E-state index in [1.54, 1.807) is 21.9 Å². The first-order valence-electron chi connectivity index (χ1n) is 12.0. The number of carbonyl (C=O) groups is 2. The van der Waals surface area contributed by atoms with E-state index in [0.717, 1.165) is 23.5 Å². The van der Waals surface area contributed by atoms with Crippen LogP contribution >= 0.6 is 0 Å². The van der Waals surface area contributed by atoms with Crippen LogP contribution in [0, 0.1) is 17.8 Å². The molecular formula is C28H30N2O3. The van der Waals surface area contributed by atoms with Gasteiger partial charge in [0.05, 0.1) is 18.7 Å². The highest BCUT2D eigenvalue weighted by molar-refractivity contribution is 5.97. The molecule has 3 aliphatic rings. The van der Waals surface area contributed by atoms with E-state index in [0.29, 0.717) is 12.1 Å². The summed E-state index contributed by atoms with van der Waals surface area (Å²) in [6, 6.07) is 16.9. The first kappa shape index (κ1) is 21.7. The molecule has 5 rings (SSSR count). The number of hydrogen-bond acceptors (Lipinski definition) is 3. The van der Waals surface area contributed by atoms with E-state index < -0.39 is 0 Å². The highest BCUT2D eigenvalue weighted by Gasteiger charge is 2.54. The molecule has 0 spiro atoms. The second-order valence-corrected chi connectivity index (χ2v) is 9.47. The standard InChI is InChI=1S/C28H30N2O3/c31-19-25-27(22-15-13-21(14-16-22)10-6-9-20-7-4-5-8-20)24-17-29(18-26(32)30(24)25)28(33)23-11-2-1-3-12-23/h1-3,11-16,20,24-25,27,31H,4-5,7-9,17-19H2/t24-,25-,27-/m0/s1. The molecule has 5 nitrogen and oxygen atoms in total. The van der Waals surface area contributed by atoms with Crippen molar-refractivity contribution in [3.8, 4) is 11.8 Å². The molecule has 5 heteroatoms. The highest BCUT2D eigenvalue weighted by Crippen LogP contribution is 2.43. The SMILES string of the molecule is O=C(c1ccccc1)N1CC(=O)N2[C@@H](CO)[C@@H](c3ccc(C#CCC4CCCC4)cc3)[C@@H]2C1. The van der Waals surface area contributed by atoms with E-state index in [-0.39, 0.29) is 43.0 Å². The zero-order valence-electron chi connectivity index (χ0n) is 18.8. The van der Waals surface area contributed by atoms with E-state index in [1.807, 2.05) is 30.3 Å². The van der Waals surface area contributed by atoms with Crippen LogP contribution in [0.1, 0.15) is 59.5 Å². The predicted octanol–water partition coefficient (Wildman–Crippen LogP) is 3.43. The molecule has 2 amide bonds. The third-order valence-electron chi connectivity index (χ3n) is 7.45. The minimum Gasteiger partial charge on any atom is -0.394 e. The quantitative estimate of drug-likeness (QED) is 0.738. The Balaban J connectivity index is 1.30. The molecule has 1 N–H and O–H groups in total. The molecule has 2 aromatic carbocycles. The third kappa shape index (κ3) is 4.28. The summed E-state index contributed by atoms with van der Waals surface area (Å²) in [4.78, 5) is 29.2. The van der Waals surface area contributed by atoms with Gasteiger partial charge in [0.1, 0.15) is 6.54 Å². The summed E-state index contributed by atoms with van der Waals surface area (Å²) in [6.45, 7) is 0.453. The van der Waals surface area contributed by atoms with Crippen LogP contribution in [0.4, 0.5) is 0 Å². The number of nitrogens with zero attached hydrogens (tertiary/aromatic N) is 2. The lowest BCUT2D eigenvalue weighted by Crippen LogP contribution is -2.73. The van der Waals surface area contributed by atoms with Gasteiger partial charge < -0.3 is 14.9 Å². The Hall–Kier alpha value is -3.10. The van der Waals surface area contributed by atoms with Crippen molar-refractivity contribution in [1.82, 2.24) is 9.80 Å². The smallest absolute Gasteiger partial charge is 0.254 e. The van der Waals surface area contributed by atoms with Gasteiger partial charge in [0, 0.05) is 30.0 Å². The average Bonchev–Trinajstić information content (AvgIpc) is 3.35. The molecule has 2 saturated heterocycles. The van der Waals surface area contributed by atoms with Gasteiger partial charge in [-0.2, -0.15) is 0 Å². The lowest BCUT2D eigenvalue weighted by atomic mass is 9.73. The fourth-order valence-corrected chi connectivity index (χ4v) is 5.72. The van der Waals surface area contributed by atoms with E-state index in [4.69, 9.17) is 0 Å². The van der Waals surface area contributed by atoms with E-state index >= 15 is 0 Å². The zero-order valence-corrected chi connectivity index (χ0v) is 18.8. The number of hydrogen-bond donors (Lipinski definition) is 1. The normalized spacial score (nSPS) is 24.6. The van der Waals surface area contributed by atoms with Gasteiger partial charge >= 0.3 is 0 Å². The van der Waals surface area contributed by atoms with Gasteiger partial charge in [-0.25, -0.2) is 0 Å². The van der Waals surface area contributed by atoms with Crippen LogP contribution in [0.25, 0.3) is 0 Å². The molecule has 2 heterocycles. The van der Waals surface area contributed by atoms with Crippen molar-refractivity contribution < 1.29 is 14.7 Å². The van der Waals surface area contributed by atoms with E-state index in [1.165, 1.54) is 25.7 Å². The predicted molar refractivity (Wildman–Crippen MR) is 126 cm³/mol. The molecule has 0 aromatic heterocycles. The molecule has 0 unspecified atom stereocenters. The minimum absolute atomic E-state index is 0.00539. The molecule has 1 aliphatic carbocycles. The molecule has 3 atom stereocenters. The molecule has 2 aromatic rings. The lowest BCUT2D eigenvalue weighted by molar-refractivity contribution is -0.159. The fraction of sp³-hybridized carbons (Fsp3) is 0.429. The molecule has 0 radical (unpaired) electrons. The average molecular weight is 443 g/mol. The summed E-state index contributed by atoms with van der Waals surface area (Å²) in [7, 11) is 0. The van der Waals surface area contributed by atoms with E-state index in [9.17, 15) is 14.7 Å². The van der Waals surface area contributed by atoms with Crippen LogP contribution in [-0.4, -0.2) is 58.5 Å². The lowest BCUT2D eigenvalue weighted by Gasteiger charge is -2.58. The van der Waals surface area contributed by atoms with Crippen LogP contribution in [0.15, 0.2) is 54.6 Å². The molecule has 1 saturated carbocycles. The second-order valence-electron chi connectivity index (χ2n) is 9.47. The molecule has 2 aliphatic heterocycles. The molecule has 0 bridgehead atoms. The van der Waals surface area contributed by atoms with Crippen molar-refractivity contribution in [3.63, 3.8) is 0 Å². The summed E-state index contributed by atoms with van der Waals surface area (Å²) < 4.78 is 0. The number of benzene rings is 2. The summed E-state index contributed by atoms with van der Waals surface area (Å²) >= 11 is 0. The summed E-state index contributed by atoms with van der Waals surface area (Å²) in [5, 5.41) is 10.0. The molecular weight excluding hydrogens is 412 g/mol. The number of fused-ring (bicyclic) bond motifs is 1. The van der Waals surface area contributed by atoms with Crippen molar-refractivity contribution >= 4 is 11.8 Å². The van der Waals surface area contributed by atoms with Gasteiger partial charge in [-0.05, 0) is 48.6 Å². The van der Waals surface area contributed by atoms with Crippen LogP contribution < -0.4 is 0 Å². The summed E-state index contributed by atoms with van der Waals surface area (Å²) in [5.74, 6) is 7.17. The molecule has 170 valence electrons. The van der Waals surface area contributed by atoms with Gasteiger partial charge in [-0.1, -0.05) is 55.0 Å². The maximum Gasteiger partial charge on any atom is 0.254 e. The van der Waals surface area contributed by atoms with Crippen molar-refractivity contribution in [2.45, 2.75) is 50.1 Å². The number of piperazine rings is 1. The monoisotopic (exact) mass is 442 g/mol. The first-order valence-corrected chi connectivity index (χ1v) is 12.0. The number of amides is 2. The van der Waals surface area contributed by atoms with Gasteiger partial charge in [0.2, 0.25) is 5.91 Å². The Morgan fingerprint density at radius 1 is 1.03 bits per heavy atom. The van der Waals surface area contributed by atoms with Gasteiger partial charge in [-0.15, -0.1) is 0 Å². The largest absolute Gasteiger partial charge is 0.394 e. The van der Waals surface area contributed by atoms with Crippen LogP contribution in [0.5, 0.6) is 0 Å². The van der Waals surface area contributed by atoms with Crippen molar-refractivity contribution in [2.75, 3.05) is 19.7 Å². The van der Waals surface area contributed by atoms with Crippen LogP contribution in [-0.2, 0) is 4.79 Å². The minimum atomic E-state index is -0.240. The van der Waals surface area contributed by atoms with Gasteiger partial charge in [0.15, 0.2) is 0 Å². The Morgan fingerprint density at radius 3 is 2.45 bits per heavy atom. The number of rotatable bonds is 4. The first-order chi connectivity index (χ1) is 16.2. The Morgan fingerprint density at radius 2 is 1.76 bits per heavy atom. The molecule has 33 heavy (non-hydrogen) atoms. The zero-order chi connectivity index (χ0) is 22.8. The third-order valence-corrected chi connectivity index (χ3v) is 7.45. The van der Waals surface area contributed by atoms with Crippen LogP contribution in [0.2, 0.25) is 0 Å². The maximum atomic E-state index is 12.9. The van der Waals surface area contributed by atoms with E-state index in [2.05, 4.69) is 24.0 Å². The number of aliphatic hydroxyl groups excluding tert-OH is 1. The summed E-state index contributed by atoms with van der Waals surface area (Å²) in [6.07, 6.45) is 6.25.